The fraction of sp³-hybridized carbons (Fsp3) is 0.714. The van der Waals surface area contributed by atoms with Crippen LogP contribution >= 0.6 is 0 Å². The highest BCUT2D eigenvalue weighted by Gasteiger charge is 2.33. The summed E-state index contributed by atoms with van der Waals surface area (Å²) in [4.78, 5) is 12.6. The minimum Gasteiger partial charge on any atom is -0.354 e. The number of hydrogen-bond donors (Lipinski definition) is 0. The molecule has 0 aromatic carbocycles. The van der Waals surface area contributed by atoms with Crippen LogP contribution < -0.4 is 4.90 Å². The predicted octanol–water partition coefficient (Wildman–Crippen LogP) is 2.35. The highest BCUT2D eigenvalue weighted by Crippen LogP contribution is 2.38. The van der Waals surface area contributed by atoms with E-state index in [1.54, 1.807) is 0 Å². The fourth-order valence-electron chi connectivity index (χ4n) is 2.65. The number of aryl methyl sites for hydroxylation is 1. The molecule has 1 aromatic heterocycles. The topological polar surface area (TPSA) is 32.3 Å². The molecule has 0 atom stereocenters. The van der Waals surface area contributed by atoms with Crippen molar-refractivity contribution in [2.24, 2.45) is 0 Å². The Morgan fingerprint density at radius 1 is 1.14 bits per heavy atom. The van der Waals surface area contributed by atoms with E-state index in [-0.39, 0.29) is 0 Å². The van der Waals surface area contributed by atoms with Crippen molar-refractivity contribution in [1.82, 2.24) is 14.9 Å². The molecule has 1 saturated heterocycles. The maximum absolute atomic E-state index is 12.4. The van der Waals surface area contributed by atoms with Gasteiger partial charge in [-0.05, 0) is 19.8 Å². The second-order valence-electron chi connectivity index (χ2n) is 5.88. The van der Waals surface area contributed by atoms with E-state index in [1.807, 2.05) is 13.0 Å². The molecule has 0 unspecified atom stereocenters. The lowest BCUT2D eigenvalue weighted by Gasteiger charge is -2.35. The van der Waals surface area contributed by atoms with Crippen molar-refractivity contribution in [3.05, 3.63) is 17.6 Å². The Hall–Kier alpha value is -1.37. The Bertz CT molecular complexity index is 505. The lowest BCUT2D eigenvalue weighted by atomic mass is 10.3. The number of piperazine rings is 1. The first-order valence-electron chi connectivity index (χ1n) is 7.30. The first-order chi connectivity index (χ1) is 9.90. The van der Waals surface area contributed by atoms with Crippen LogP contribution in [0.25, 0.3) is 0 Å². The molecule has 0 radical (unpaired) electrons. The molecule has 21 heavy (non-hydrogen) atoms. The van der Waals surface area contributed by atoms with Crippen LogP contribution in [0.2, 0.25) is 0 Å². The highest BCUT2D eigenvalue weighted by atomic mass is 19.4. The van der Waals surface area contributed by atoms with Crippen LogP contribution in [0, 0.1) is 6.92 Å². The molecule has 0 bridgehead atoms. The first kappa shape index (κ1) is 14.6. The summed E-state index contributed by atoms with van der Waals surface area (Å²) in [5.74, 6) is 2.23. The summed E-state index contributed by atoms with van der Waals surface area (Å²) in [6.45, 7) is 3.11. The average molecular weight is 300 g/mol. The zero-order chi connectivity index (χ0) is 15.0. The minimum atomic E-state index is -4.12. The second-order valence-corrected chi connectivity index (χ2v) is 5.88. The van der Waals surface area contributed by atoms with Gasteiger partial charge in [0.2, 0.25) is 0 Å². The van der Waals surface area contributed by atoms with E-state index in [0.29, 0.717) is 32.1 Å². The molecule has 7 heteroatoms. The largest absolute Gasteiger partial charge is 0.401 e. The summed E-state index contributed by atoms with van der Waals surface area (Å²) in [5, 5.41) is 0. The molecule has 2 aliphatic rings. The van der Waals surface area contributed by atoms with Gasteiger partial charge in [0, 0.05) is 43.9 Å². The van der Waals surface area contributed by atoms with Gasteiger partial charge in [-0.25, -0.2) is 9.97 Å². The zero-order valence-electron chi connectivity index (χ0n) is 12.0. The molecule has 0 spiro atoms. The predicted molar refractivity (Wildman–Crippen MR) is 73.5 cm³/mol. The van der Waals surface area contributed by atoms with Crippen LogP contribution in [0.1, 0.15) is 30.3 Å². The van der Waals surface area contributed by atoms with Gasteiger partial charge in [0.1, 0.15) is 11.6 Å². The van der Waals surface area contributed by atoms with Crippen molar-refractivity contribution in [3.63, 3.8) is 0 Å². The number of anilines is 1. The third-order valence-electron chi connectivity index (χ3n) is 3.90. The Labute approximate surface area is 122 Å². The van der Waals surface area contributed by atoms with E-state index in [0.717, 1.165) is 30.2 Å². The quantitative estimate of drug-likeness (QED) is 0.858. The lowest BCUT2D eigenvalue weighted by molar-refractivity contribution is -0.146. The smallest absolute Gasteiger partial charge is 0.354 e. The molecule has 1 aliphatic carbocycles. The van der Waals surface area contributed by atoms with Crippen molar-refractivity contribution in [3.8, 4) is 0 Å². The van der Waals surface area contributed by atoms with Crippen molar-refractivity contribution in [2.75, 3.05) is 37.6 Å². The van der Waals surface area contributed by atoms with Crippen molar-refractivity contribution in [2.45, 2.75) is 31.9 Å². The maximum atomic E-state index is 12.4. The molecule has 116 valence electrons. The van der Waals surface area contributed by atoms with Crippen LogP contribution in [-0.4, -0.2) is 53.8 Å². The summed E-state index contributed by atoms with van der Waals surface area (Å²) < 4.78 is 37.2. The number of alkyl halides is 3. The van der Waals surface area contributed by atoms with Crippen molar-refractivity contribution in [1.29, 1.82) is 0 Å². The van der Waals surface area contributed by atoms with E-state index in [9.17, 15) is 13.2 Å². The summed E-state index contributed by atoms with van der Waals surface area (Å²) in [6, 6.07) is 1.92. The van der Waals surface area contributed by atoms with Gasteiger partial charge in [-0.1, -0.05) is 0 Å². The second kappa shape index (κ2) is 5.44. The van der Waals surface area contributed by atoms with Gasteiger partial charge < -0.3 is 4.90 Å². The molecular formula is C14H19F3N4. The van der Waals surface area contributed by atoms with E-state index in [4.69, 9.17) is 0 Å². The van der Waals surface area contributed by atoms with Gasteiger partial charge >= 0.3 is 6.18 Å². The lowest BCUT2D eigenvalue weighted by Crippen LogP contribution is -2.49. The molecule has 1 aromatic rings. The SMILES string of the molecule is Cc1cc(N2CCN(CC(F)(F)F)CC2)nc(C2CC2)n1. The summed E-state index contributed by atoms with van der Waals surface area (Å²) in [7, 11) is 0. The first-order valence-corrected chi connectivity index (χ1v) is 7.30. The third kappa shape index (κ3) is 3.84. The maximum Gasteiger partial charge on any atom is 0.401 e. The van der Waals surface area contributed by atoms with Crippen LogP contribution in [0.4, 0.5) is 19.0 Å². The molecule has 1 saturated carbocycles. The molecule has 1 aliphatic heterocycles. The molecule has 0 amide bonds. The van der Waals surface area contributed by atoms with Crippen LogP contribution in [0.15, 0.2) is 6.07 Å². The number of halogens is 3. The third-order valence-corrected chi connectivity index (χ3v) is 3.90. The summed E-state index contributed by atoms with van der Waals surface area (Å²) >= 11 is 0. The van der Waals surface area contributed by atoms with E-state index in [1.165, 1.54) is 4.90 Å². The molecule has 3 rings (SSSR count). The normalized spacial score (nSPS) is 20.9. The van der Waals surface area contributed by atoms with Crippen LogP contribution in [0.3, 0.4) is 0 Å². The average Bonchev–Trinajstić information content (AvgIpc) is 3.21. The Kier molecular flexibility index (Phi) is 3.77. The highest BCUT2D eigenvalue weighted by molar-refractivity contribution is 5.41. The van der Waals surface area contributed by atoms with Gasteiger partial charge in [0.25, 0.3) is 0 Å². The number of rotatable bonds is 3. The standard InChI is InChI=1S/C14H19F3N4/c1-10-8-12(19-13(18-10)11-2-3-11)21-6-4-20(5-7-21)9-14(15,16)17/h8,11H,2-7,9H2,1H3. The van der Waals surface area contributed by atoms with Gasteiger partial charge in [-0.3, -0.25) is 4.90 Å². The van der Waals surface area contributed by atoms with Gasteiger partial charge in [0.05, 0.1) is 6.54 Å². The molecular weight excluding hydrogens is 281 g/mol. The number of nitrogens with zero attached hydrogens (tertiary/aromatic N) is 4. The van der Waals surface area contributed by atoms with E-state index in [2.05, 4.69) is 14.9 Å². The zero-order valence-corrected chi connectivity index (χ0v) is 12.0. The van der Waals surface area contributed by atoms with Gasteiger partial charge in [0.15, 0.2) is 0 Å². The minimum absolute atomic E-state index is 0.418. The number of hydrogen-bond acceptors (Lipinski definition) is 4. The van der Waals surface area contributed by atoms with Crippen molar-refractivity contribution < 1.29 is 13.2 Å². The summed E-state index contributed by atoms with van der Waals surface area (Å²) in [6.07, 6.45) is -1.84. The molecule has 2 fully saturated rings. The van der Waals surface area contributed by atoms with Crippen LogP contribution in [0.5, 0.6) is 0 Å². The Balaban J connectivity index is 1.64. The van der Waals surface area contributed by atoms with Crippen LogP contribution in [-0.2, 0) is 0 Å². The molecule has 0 N–H and O–H groups in total. The van der Waals surface area contributed by atoms with E-state index >= 15 is 0 Å². The van der Waals surface area contributed by atoms with E-state index < -0.39 is 12.7 Å². The monoisotopic (exact) mass is 300 g/mol. The molecule has 2 heterocycles. The Morgan fingerprint density at radius 2 is 1.81 bits per heavy atom. The van der Waals surface area contributed by atoms with Gasteiger partial charge in [-0.2, -0.15) is 13.2 Å². The fourth-order valence-corrected chi connectivity index (χ4v) is 2.65. The molecule has 4 nitrogen and oxygen atoms in total. The Morgan fingerprint density at radius 3 is 2.38 bits per heavy atom. The summed E-state index contributed by atoms with van der Waals surface area (Å²) in [5.41, 5.74) is 0.930. The number of aromatic nitrogens is 2. The van der Waals surface area contributed by atoms with Crippen molar-refractivity contribution >= 4 is 5.82 Å². The van der Waals surface area contributed by atoms with Gasteiger partial charge in [-0.15, -0.1) is 0 Å².